The number of anilines is 1. The minimum absolute atomic E-state index is 0.0614. The highest BCUT2D eigenvalue weighted by atomic mass is 32.1. The monoisotopic (exact) mass is 258 g/mol. The molecule has 2 nitrogen and oxygen atoms in total. The number of hydrogen-bond acceptors (Lipinski definition) is 3. The molecule has 3 heteroatoms. The zero-order valence-electron chi connectivity index (χ0n) is 10.4. The first-order valence-corrected chi connectivity index (χ1v) is 6.54. The van der Waals surface area contributed by atoms with E-state index in [0.717, 1.165) is 12.2 Å². The molecule has 0 aliphatic rings. The van der Waals surface area contributed by atoms with Gasteiger partial charge in [-0.3, -0.25) is 5.32 Å². The minimum atomic E-state index is -0.0614. The molecule has 18 heavy (non-hydrogen) atoms. The van der Waals surface area contributed by atoms with E-state index in [1.165, 1.54) is 11.1 Å². The molecule has 0 fully saturated rings. The van der Waals surface area contributed by atoms with Crippen molar-refractivity contribution in [3.05, 3.63) is 65.7 Å². The number of aryl methyl sites for hydroxylation is 1. The molecule has 2 aromatic rings. The van der Waals surface area contributed by atoms with E-state index in [-0.39, 0.29) is 5.50 Å². The molecular weight excluding hydrogens is 240 g/mol. The van der Waals surface area contributed by atoms with E-state index in [4.69, 9.17) is 0 Å². The van der Waals surface area contributed by atoms with Crippen molar-refractivity contribution in [1.29, 1.82) is 0 Å². The van der Waals surface area contributed by atoms with Crippen LogP contribution in [0, 0.1) is 6.92 Å². The highest BCUT2D eigenvalue weighted by molar-refractivity contribution is 7.81. The van der Waals surface area contributed by atoms with Crippen LogP contribution in [0.15, 0.2) is 54.6 Å². The second kappa shape index (κ2) is 6.47. The van der Waals surface area contributed by atoms with Crippen LogP contribution in [0.25, 0.3) is 0 Å². The van der Waals surface area contributed by atoms with Crippen molar-refractivity contribution < 1.29 is 0 Å². The molecule has 2 rings (SSSR count). The van der Waals surface area contributed by atoms with Crippen molar-refractivity contribution in [2.24, 2.45) is 0 Å². The first-order valence-electron chi connectivity index (χ1n) is 6.02. The number of para-hydroxylation sites is 1. The van der Waals surface area contributed by atoms with Gasteiger partial charge in [-0.15, -0.1) is 12.6 Å². The summed E-state index contributed by atoms with van der Waals surface area (Å²) in [4.78, 5) is 0. The molecule has 0 aliphatic heterocycles. The van der Waals surface area contributed by atoms with Crippen LogP contribution in [0.4, 0.5) is 5.69 Å². The maximum atomic E-state index is 4.47. The van der Waals surface area contributed by atoms with Crippen LogP contribution < -0.4 is 10.6 Å². The van der Waals surface area contributed by atoms with Crippen LogP contribution in [0.5, 0.6) is 0 Å². The molecule has 0 heterocycles. The highest BCUT2D eigenvalue weighted by Crippen LogP contribution is 2.08. The van der Waals surface area contributed by atoms with Gasteiger partial charge >= 0.3 is 0 Å². The standard InChI is InChI=1S/C15H18N2S/c1-12-7-9-13(10-8-12)11-16-15(18)17-14-5-3-2-4-6-14/h2-10,15-18H,11H2,1H3. The molecule has 1 unspecified atom stereocenters. The lowest BCUT2D eigenvalue weighted by atomic mass is 10.1. The smallest absolute Gasteiger partial charge is 0.123 e. The van der Waals surface area contributed by atoms with Crippen molar-refractivity contribution in [1.82, 2.24) is 5.32 Å². The van der Waals surface area contributed by atoms with Crippen LogP contribution in [-0.4, -0.2) is 5.50 Å². The molecule has 0 spiro atoms. The largest absolute Gasteiger partial charge is 0.362 e. The van der Waals surface area contributed by atoms with E-state index in [0.29, 0.717) is 0 Å². The number of benzene rings is 2. The summed E-state index contributed by atoms with van der Waals surface area (Å²) < 4.78 is 0. The van der Waals surface area contributed by atoms with Gasteiger partial charge in [-0.25, -0.2) is 0 Å². The minimum Gasteiger partial charge on any atom is -0.362 e. The van der Waals surface area contributed by atoms with Gasteiger partial charge in [0.1, 0.15) is 5.50 Å². The normalized spacial score (nSPS) is 12.1. The fourth-order valence-electron chi connectivity index (χ4n) is 1.66. The summed E-state index contributed by atoms with van der Waals surface area (Å²) in [6.45, 7) is 2.89. The Bertz CT molecular complexity index is 468. The molecule has 2 aromatic carbocycles. The lowest BCUT2D eigenvalue weighted by Crippen LogP contribution is -2.30. The molecule has 0 bridgehead atoms. The molecule has 0 saturated carbocycles. The van der Waals surface area contributed by atoms with E-state index < -0.39 is 0 Å². The first kappa shape index (κ1) is 13.0. The fraction of sp³-hybridized carbons (Fsp3) is 0.200. The molecule has 2 N–H and O–H groups in total. The Balaban J connectivity index is 1.81. The molecule has 0 radical (unpaired) electrons. The van der Waals surface area contributed by atoms with E-state index in [9.17, 15) is 0 Å². The number of thiol groups is 1. The molecule has 0 aliphatic carbocycles. The van der Waals surface area contributed by atoms with Crippen molar-refractivity contribution >= 4 is 18.3 Å². The summed E-state index contributed by atoms with van der Waals surface area (Å²) in [7, 11) is 0. The third kappa shape index (κ3) is 4.09. The van der Waals surface area contributed by atoms with Gasteiger partial charge in [0, 0.05) is 12.2 Å². The SMILES string of the molecule is Cc1ccc(CNC(S)Nc2ccccc2)cc1. The number of rotatable bonds is 5. The third-order valence-corrected chi connectivity index (χ3v) is 3.01. The van der Waals surface area contributed by atoms with Crippen LogP contribution in [0.2, 0.25) is 0 Å². The predicted molar refractivity (Wildman–Crippen MR) is 80.9 cm³/mol. The molecule has 0 saturated heterocycles. The van der Waals surface area contributed by atoms with E-state index >= 15 is 0 Å². The van der Waals surface area contributed by atoms with Gasteiger partial charge in [-0.1, -0.05) is 48.0 Å². The Morgan fingerprint density at radius 1 is 1.00 bits per heavy atom. The van der Waals surface area contributed by atoms with Gasteiger partial charge in [0.25, 0.3) is 0 Å². The molecule has 94 valence electrons. The Labute approximate surface area is 114 Å². The second-order valence-electron chi connectivity index (χ2n) is 4.28. The van der Waals surface area contributed by atoms with E-state index in [1.807, 2.05) is 30.3 Å². The molecular formula is C15H18N2S. The molecule has 0 amide bonds. The predicted octanol–water partition coefficient (Wildman–Crippen LogP) is 3.41. The van der Waals surface area contributed by atoms with E-state index in [2.05, 4.69) is 54.5 Å². The molecule has 1 atom stereocenters. The maximum Gasteiger partial charge on any atom is 0.123 e. The summed E-state index contributed by atoms with van der Waals surface area (Å²) >= 11 is 4.47. The average Bonchev–Trinajstić information content (AvgIpc) is 2.39. The van der Waals surface area contributed by atoms with Crippen LogP contribution in [0.1, 0.15) is 11.1 Å². The van der Waals surface area contributed by atoms with Gasteiger partial charge in [0.2, 0.25) is 0 Å². The summed E-state index contributed by atoms with van der Waals surface area (Å²) in [5.74, 6) is 0. The van der Waals surface area contributed by atoms with Crippen molar-refractivity contribution in [2.45, 2.75) is 19.0 Å². The van der Waals surface area contributed by atoms with Crippen LogP contribution >= 0.6 is 12.6 Å². The van der Waals surface area contributed by atoms with Crippen LogP contribution in [0.3, 0.4) is 0 Å². The lowest BCUT2D eigenvalue weighted by Gasteiger charge is -2.16. The first-order chi connectivity index (χ1) is 8.74. The third-order valence-electron chi connectivity index (χ3n) is 2.70. The van der Waals surface area contributed by atoms with Crippen molar-refractivity contribution in [3.63, 3.8) is 0 Å². The fourth-order valence-corrected chi connectivity index (χ4v) is 1.90. The van der Waals surface area contributed by atoms with Gasteiger partial charge in [-0.05, 0) is 24.6 Å². The maximum absolute atomic E-state index is 4.47. The number of hydrogen-bond donors (Lipinski definition) is 3. The van der Waals surface area contributed by atoms with Crippen LogP contribution in [-0.2, 0) is 6.54 Å². The van der Waals surface area contributed by atoms with Crippen molar-refractivity contribution in [2.75, 3.05) is 5.32 Å². The van der Waals surface area contributed by atoms with Crippen molar-refractivity contribution in [3.8, 4) is 0 Å². The Morgan fingerprint density at radius 2 is 1.67 bits per heavy atom. The Hall–Kier alpha value is -1.45. The zero-order chi connectivity index (χ0) is 12.8. The highest BCUT2D eigenvalue weighted by Gasteiger charge is 2.01. The Morgan fingerprint density at radius 3 is 2.33 bits per heavy atom. The molecule has 0 aromatic heterocycles. The quantitative estimate of drug-likeness (QED) is 0.565. The summed E-state index contributed by atoms with van der Waals surface area (Å²) in [5, 5.41) is 6.60. The van der Waals surface area contributed by atoms with E-state index in [1.54, 1.807) is 0 Å². The zero-order valence-corrected chi connectivity index (χ0v) is 11.3. The Kier molecular flexibility index (Phi) is 4.67. The lowest BCUT2D eigenvalue weighted by molar-refractivity contribution is 0.700. The number of nitrogens with one attached hydrogen (secondary N) is 2. The summed E-state index contributed by atoms with van der Waals surface area (Å²) in [6, 6.07) is 18.6. The van der Waals surface area contributed by atoms with Gasteiger partial charge in [0.05, 0.1) is 0 Å². The summed E-state index contributed by atoms with van der Waals surface area (Å²) in [6.07, 6.45) is 0. The van der Waals surface area contributed by atoms with Gasteiger partial charge < -0.3 is 5.32 Å². The summed E-state index contributed by atoms with van der Waals surface area (Å²) in [5.41, 5.74) is 3.54. The average molecular weight is 258 g/mol. The van der Waals surface area contributed by atoms with Gasteiger partial charge in [-0.2, -0.15) is 0 Å². The second-order valence-corrected chi connectivity index (χ2v) is 4.80. The topological polar surface area (TPSA) is 24.1 Å². The van der Waals surface area contributed by atoms with Gasteiger partial charge in [0.15, 0.2) is 0 Å².